The summed E-state index contributed by atoms with van der Waals surface area (Å²) in [5.41, 5.74) is 6.68. The van der Waals surface area contributed by atoms with E-state index >= 15 is 0 Å². The van der Waals surface area contributed by atoms with E-state index in [4.69, 9.17) is 5.73 Å². The lowest BCUT2D eigenvalue weighted by atomic mass is 9.80. The number of hydrogen-bond donors (Lipinski definition) is 1. The van der Waals surface area contributed by atoms with E-state index in [2.05, 4.69) is 18.7 Å². The SMILES string of the molecule is CC1(C)CN(CC(=O)N(Cc2cccc(F)c2)C(C)(C)C)CCC1N.Cl. The molecule has 1 amide bonds. The van der Waals surface area contributed by atoms with E-state index in [1.807, 2.05) is 31.7 Å². The molecule has 1 atom stereocenters. The highest BCUT2D eigenvalue weighted by Crippen LogP contribution is 2.28. The quantitative estimate of drug-likeness (QED) is 0.863. The van der Waals surface area contributed by atoms with Crippen LogP contribution in [0.5, 0.6) is 0 Å². The topological polar surface area (TPSA) is 49.6 Å². The number of benzene rings is 1. The van der Waals surface area contributed by atoms with Gasteiger partial charge in [0.25, 0.3) is 0 Å². The van der Waals surface area contributed by atoms with Gasteiger partial charge in [-0.05, 0) is 50.3 Å². The van der Waals surface area contributed by atoms with Crippen LogP contribution in [0.15, 0.2) is 24.3 Å². The first kappa shape index (κ1) is 22.9. The number of likely N-dealkylation sites (tertiary alicyclic amines) is 1. The zero-order valence-corrected chi connectivity index (χ0v) is 17.4. The second kappa shape index (κ2) is 8.68. The molecule has 6 heteroatoms. The number of hydrogen-bond acceptors (Lipinski definition) is 3. The van der Waals surface area contributed by atoms with Crippen LogP contribution in [-0.4, -0.2) is 46.9 Å². The van der Waals surface area contributed by atoms with Gasteiger partial charge in [-0.2, -0.15) is 0 Å². The third-order valence-electron chi connectivity index (χ3n) is 5.09. The largest absolute Gasteiger partial charge is 0.332 e. The van der Waals surface area contributed by atoms with Crippen LogP contribution in [0.1, 0.15) is 46.6 Å². The molecule has 0 bridgehead atoms. The molecule has 1 heterocycles. The first-order valence-electron chi connectivity index (χ1n) is 9.02. The molecule has 4 nitrogen and oxygen atoms in total. The second-order valence-corrected chi connectivity index (χ2v) is 8.88. The highest BCUT2D eigenvalue weighted by molar-refractivity contribution is 5.85. The van der Waals surface area contributed by atoms with E-state index in [9.17, 15) is 9.18 Å². The Kier molecular flexibility index (Phi) is 7.63. The summed E-state index contributed by atoms with van der Waals surface area (Å²) in [5, 5.41) is 0. The maximum atomic E-state index is 13.5. The van der Waals surface area contributed by atoms with Gasteiger partial charge in [-0.1, -0.05) is 26.0 Å². The number of carbonyl (C=O) groups excluding carboxylic acids is 1. The van der Waals surface area contributed by atoms with Gasteiger partial charge in [0.15, 0.2) is 0 Å². The highest BCUT2D eigenvalue weighted by atomic mass is 35.5. The molecule has 0 aliphatic carbocycles. The molecule has 2 rings (SSSR count). The van der Waals surface area contributed by atoms with Crippen molar-refractivity contribution < 1.29 is 9.18 Å². The monoisotopic (exact) mass is 385 g/mol. The minimum atomic E-state index is -0.328. The first-order valence-corrected chi connectivity index (χ1v) is 9.02. The molecule has 1 aliphatic heterocycles. The molecule has 26 heavy (non-hydrogen) atoms. The van der Waals surface area contributed by atoms with Crippen LogP contribution in [-0.2, 0) is 11.3 Å². The first-order chi connectivity index (χ1) is 11.5. The van der Waals surface area contributed by atoms with Crippen molar-refractivity contribution in [2.45, 2.75) is 59.2 Å². The Bertz CT molecular complexity index is 615. The van der Waals surface area contributed by atoms with Gasteiger partial charge in [0.05, 0.1) is 6.54 Å². The van der Waals surface area contributed by atoms with Gasteiger partial charge in [0, 0.05) is 31.2 Å². The second-order valence-electron chi connectivity index (χ2n) is 8.88. The van der Waals surface area contributed by atoms with Crippen molar-refractivity contribution in [3.05, 3.63) is 35.6 Å². The minimum absolute atomic E-state index is 0. The summed E-state index contributed by atoms with van der Waals surface area (Å²) in [6.07, 6.45) is 0.902. The zero-order valence-electron chi connectivity index (χ0n) is 16.6. The third-order valence-corrected chi connectivity index (χ3v) is 5.09. The van der Waals surface area contributed by atoms with Crippen molar-refractivity contribution in [1.82, 2.24) is 9.80 Å². The number of piperidine rings is 1. The third kappa shape index (κ3) is 5.93. The van der Waals surface area contributed by atoms with Gasteiger partial charge >= 0.3 is 0 Å². The molecule has 0 radical (unpaired) electrons. The number of halogens is 2. The van der Waals surface area contributed by atoms with E-state index in [0.29, 0.717) is 13.1 Å². The van der Waals surface area contributed by atoms with Crippen molar-refractivity contribution in [3.8, 4) is 0 Å². The fraction of sp³-hybridized carbons (Fsp3) is 0.650. The van der Waals surface area contributed by atoms with Crippen LogP contribution in [0.2, 0.25) is 0 Å². The molecule has 1 saturated heterocycles. The number of carbonyl (C=O) groups is 1. The van der Waals surface area contributed by atoms with Crippen molar-refractivity contribution in [3.63, 3.8) is 0 Å². The van der Waals surface area contributed by atoms with Gasteiger partial charge in [-0.3, -0.25) is 9.69 Å². The number of nitrogens with zero attached hydrogens (tertiary/aromatic N) is 2. The summed E-state index contributed by atoms with van der Waals surface area (Å²) in [7, 11) is 0. The maximum absolute atomic E-state index is 13.5. The molecule has 2 N–H and O–H groups in total. The zero-order chi connectivity index (χ0) is 18.8. The molecular weight excluding hydrogens is 353 g/mol. The lowest BCUT2D eigenvalue weighted by Gasteiger charge is -2.44. The predicted octanol–water partition coefficient (Wildman–Crippen LogP) is 3.43. The van der Waals surface area contributed by atoms with E-state index in [-0.39, 0.29) is 41.1 Å². The molecule has 0 spiro atoms. The molecule has 148 valence electrons. The lowest BCUT2D eigenvalue weighted by molar-refractivity contribution is -0.138. The Morgan fingerprint density at radius 3 is 2.58 bits per heavy atom. The molecule has 1 aliphatic rings. The number of rotatable bonds is 4. The van der Waals surface area contributed by atoms with Gasteiger partial charge < -0.3 is 10.6 Å². The molecule has 0 saturated carbocycles. The summed E-state index contributed by atoms with van der Waals surface area (Å²) < 4.78 is 13.5. The molecule has 0 aromatic heterocycles. The predicted molar refractivity (Wildman–Crippen MR) is 107 cm³/mol. The van der Waals surface area contributed by atoms with Crippen LogP contribution in [0.3, 0.4) is 0 Å². The van der Waals surface area contributed by atoms with E-state index < -0.39 is 0 Å². The Labute approximate surface area is 163 Å². The average molecular weight is 386 g/mol. The summed E-state index contributed by atoms with van der Waals surface area (Å²) in [4.78, 5) is 17.0. The minimum Gasteiger partial charge on any atom is -0.332 e. The summed E-state index contributed by atoms with van der Waals surface area (Å²) in [6.45, 7) is 12.8. The van der Waals surface area contributed by atoms with Gasteiger partial charge in [0.1, 0.15) is 5.82 Å². The van der Waals surface area contributed by atoms with E-state index in [1.165, 1.54) is 12.1 Å². The molecule has 1 fully saturated rings. The fourth-order valence-electron chi connectivity index (χ4n) is 3.41. The lowest BCUT2D eigenvalue weighted by Crippen LogP contribution is -2.56. The standard InChI is InChI=1S/C20H32FN3O.ClH/c1-19(2,3)24(12-15-7-6-8-16(21)11-15)18(25)13-23-10-9-17(22)20(4,5)14-23;/h6-8,11,17H,9-10,12-14,22H2,1-5H3;1H. The Morgan fingerprint density at radius 2 is 2.04 bits per heavy atom. The molecular formula is C20H33ClFN3O. The maximum Gasteiger partial charge on any atom is 0.237 e. The van der Waals surface area contributed by atoms with Gasteiger partial charge in [-0.25, -0.2) is 4.39 Å². The average Bonchev–Trinajstić information content (AvgIpc) is 2.47. The Morgan fingerprint density at radius 1 is 1.38 bits per heavy atom. The van der Waals surface area contributed by atoms with Gasteiger partial charge in [0.2, 0.25) is 5.91 Å². The summed E-state index contributed by atoms with van der Waals surface area (Å²) >= 11 is 0. The van der Waals surface area contributed by atoms with Crippen LogP contribution in [0, 0.1) is 11.2 Å². The van der Waals surface area contributed by atoms with Crippen molar-refractivity contribution in [2.75, 3.05) is 19.6 Å². The smallest absolute Gasteiger partial charge is 0.237 e. The van der Waals surface area contributed by atoms with Gasteiger partial charge in [-0.15, -0.1) is 12.4 Å². The van der Waals surface area contributed by atoms with E-state index in [0.717, 1.165) is 25.1 Å². The highest BCUT2D eigenvalue weighted by Gasteiger charge is 2.35. The number of nitrogens with two attached hydrogens (primary N) is 1. The van der Waals surface area contributed by atoms with Crippen LogP contribution in [0.4, 0.5) is 4.39 Å². The Balaban J connectivity index is 0.00000338. The van der Waals surface area contributed by atoms with Crippen LogP contribution in [0.25, 0.3) is 0 Å². The Hall–Kier alpha value is -1.17. The summed E-state index contributed by atoms with van der Waals surface area (Å²) in [6, 6.07) is 6.63. The normalized spacial score (nSPS) is 20.3. The van der Waals surface area contributed by atoms with Crippen LogP contribution < -0.4 is 5.73 Å². The van der Waals surface area contributed by atoms with Crippen molar-refractivity contribution >= 4 is 18.3 Å². The van der Waals surface area contributed by atoms with E-state index in [1.54, 1.807) is 6.07 Å². The molecule has 1 unspecified atom stereocenters. The summed E-state index contributed by atoms with van der Waals surface area (Å²) in [5.74, 6) is -0.200. The molecule has 1 aromatic carbocycles. The fourth-order valence-corrected chi connectivity index (χ4v) is 3.41. The van der Waals surface area contributed by atoms with Crippen molar-refractivity contribution in [2.24, 2.45) is 11.1 Å². The van der Waals surface area contributed by atoms with Crippen LogP contribution >= 0.6 is 12.4 Å². The number of amides is 1. The van der Waals surface area contributed by atoms with Crippen molar-refractivity contribution in [1.29, 1.82) is 0 Å². The molecule has 1 aromatic rings.